The number of aromatic hydroxyl groups is 5. The van der Waals surface area contributed by atoms with E-state index < -0.39 is 41.2 Å². The Labute approximate surface area is 203 Å². The van der Waals surface area contributed by atoms with Crippen molar-refractivity contribution in [2.24, 2.45) is 0 Å². The number of aliphatic carboxylic acids is 2. The lowest BCUT2D eigenvalue weighted by atomic mass is 9.82. The van der Waals surface area contributed by atoms with Crippen molar-refractivity contribution in [2.45, 2.75) is 12.0 Å². The van der Waals surface area contributed by atoms with Gasteiger partial charge < -0.3 is 40.5 Å². The SMILES string of the molecule is O=C(O)/C=C/c1cc(O)c2c(c1)[C@H](c1cc(O)c(O)cc1/C=C/C(=O)O)[C@H](c1ccc(O)c(O)c1)O2. The zero-order valence-corrected chi connectivity index (χ0v) is 18.4. The van der Waals surface area contributed by atoms with Gasteiger partial charge in [-0.25, -0.2) is 9.59 Å². The highest BCUT2D eigenvalue weighted by Gasteiger charge is 2.40. The van der Waals surface area contributed by atoms with Crippen LogP contribution in [0.5, 0.6) is 34.5 Å². The summed E-state index contributed by atoms with van der Waals surface area (Å²) < 4.78 is 6.05. The van der Waals surface area contributed by atoms with Gasteiger partial charge in [0.1, 0.15) is 6.10 Å². The van der Waals surface area contributed by atoms with Crippen molar-refractivity contribution in [2.75, 3.05) is 0 Å². The maximum atomic E-state index is 11.2. The Kier molecular flexibility index (Phi) is 6.18. The molecule has 0 saturated carbocycles. The van der Waals surface area contributed by atoms with Gasteiger partial charge in [-0.1, -0.05) is 6.07 Å². The summed E-state index contributed by atoms with van der Waals surface area (Å²) in [7, 11) is 0. The lowest BCUT2D eigenvalue weighted by Crippen LogP contribution is -2.12. The molecule has 3 aromatic carbocycles. The van der Waals surface area contributed by atoms with Gasteiger partial charge in [-0.15, -0.1) is 0 Å². The van der Waals surface area contributed by atoms with Crippen molar-refractivity contribution in [3.8, 4) is 34.5 Å². The molecule has 2 atom stereocenters. The lowest BCUT2D eigenvalue weighted by Gasteiger charge is -2.22. The van der Waals surface area contributed by atoms with Crippen LogP contribution in [0.3, 0.4) is 0 Å². The molecule has 7 N–H and O–H groups in total. The summed E-state index contributed by atoms with van der Waals surface area (Å²) >= 11 is 0. The summed E-state index contributed by atoms with van der Waals surface area (Å²) in [5.74, 6) is -5.36. The number of phenols is 5. The molecule has 36 heavy (non-hydrogen) atoms. The molecule has 0 aromatic heterocycles. The average Bonchev–Trinajstić information content (AvgIpc) is 3.19. The Morgan fingerprint density at radius 1 is 0.694 bits per heavy atom. The van der Waals surface area contributed by atoms with Gasteiger partial charge in [-0.05, 0) is 70.8 Å². The normalized spacial score (nSPS) is 16.8. The summed E-state index contributed by atoms with van der Waals surface area (Å²) in [6, 6.07) is 9.24. The maximum Gasteiger partial charge on any atom is 0.328 e. The fourth-order valence-corrected chi connectivity index (χ4v) is 4.13. The summed E-state index contributed by atoms with van der Waals surface area (Å²) in [6.45, 7) is 0. The smallest absolute Gasteiger partial charge is 0.328 e. The molecule has 0 bridgehead atoms. The highest BCUT2D eigenvalue weighted by molar-refractivity contribution is 5.86. The van der Waals surface area contributed by atoms with Crippen molar-refractivity contribution < 1.29 is 50.1 Å². The highest BCUT2D eigenvalue weighted by atomic mass is 16.5. The molecule has 10 nitrogen and oxygen atoms in total. The minimum Gasteiger partial charge on any atom is -0.504 e. The van der Waals surface area contributed by atoms with Gasteiger partial charge in [0.05, 0.1) is 5.92 Å². The number of ether oxygens (including phenoxy) is 1. The molecule has 184 valence electrons. The number of hydrogen-bond acceptors (Lipinski definition) is 8. The molecule has 10 heteroatoms. The van der Waals surface area contributed by atoms with Gasteiger partial charge in [0.25, 0.3) is 0 Å². The third-order valence-corrected chi connectivity index (χ3v) is 5.67. The van der Waals surface area contributed by atoms with Crippen molar-refractivity contribution in [1.29, 1.82) is 0 Å². The van der Waals surface area contributed by atoms with E-state index in [-0.39, 0.29) is 22.8 Å². The molecule has 0 saturated heterocycles. The monoisotopic (exact) mass is 492 g/mol. The first-order chi connectivity index (χ1) is 17.0. The van der Waals surface area contributed by atoms with Crippen LogP contribution in [-0.4, -0.2) is 47.7 Å². The second-order valence-electron chi connectivity index (χ2n) is 8.04. The predicted octanol–water partition coefficient (Wildman–Crippen LogP) is 3.68. The third-order valence-electron chi connectivity index (χ3n) is 5.67. The quantitative estimate of drug-likeness (QED) is 0.198. The van der Waals surface area contributed by atoms with Crippen LogP contribution in [0.25, 0.3) is 12.2 Å². The van der Waals surface area contributed by atoms with E-state index in [4.69, 9.17) is 14.9 Å². The molecule has 0 radical (unpaired) electrons. The number of benzene rings is 3. The van der Waals surface area contributed by atoms with Crippen molar-refractivity contribution in [3.05, 3.63) is 82.4 Å². The van der Waals surface area contributed by atoms with E-state index in [1.165, 1.54) is 48.6 Å². The second kappa shape index (κ2) is 9.26. The second-order valence-corrected chi connectivity index (χ2v) is 8.04. The molecule has 3 aromatic rings. The maximum absolute atomic E-state index is 11.2. The Bertz CT molecular complexity index is 1440. The van der Waals surface area contributed by atoms with Crippen LogP contribution in [0.4, 0.5) is 0 Å². The Morgan fingerprint density at radius 2 is 1.33 bits per heavy atom. The minimum atomic E-state index is -1.25. The number of rotatable bonds is 6. The van der Waals surface area contributed by atoms with Gasteiger partial charge in [-0.3, -0.25) is 0 Å². The van der Waals surface area contributed by atoms with Gasteiger partial charge >= 0.3 is 11.9 Å². The zero-order valence-electron chi connectivity index (χ0n) is 18.4. The van der Waals surface area contributed by atoms with Gasteiger partial charge in [0.15, 0.2) is 34.5 Å². The van der Waals surface area contributed by atoms with Crippen LogP contribution < -0.4 is 4.74 Å². The Hall–Kier alpha value is -5.12. The average molecular weight is 492 g/mol. The summed E-state index contributed by atoms with van der Waals surface area (Å²) in [5, 5.41) is 68.9. The standard InChI is InChI=1S/C26H20O10/c27-17-4-2-14(10-18(17)28)25-24(15-11-20(30)19(29)9-13(15)3-6-23(34)35)16-7-12(1-5-22(32)33)8-21(31)26(16)36-25/h1-11,24-25,27-31H,(H,32,33)(H,34,35)/b5-1+,6-3+/t24-,25-/m0/s1. The van der Waals surface area contributed by atoms with Gasteiger partial charge in [-0.2, -0.15) is 0 Å². The van der Waals surface area contributed by atoms with Crippen LogP contribution in [0.1, 0.15) is 39.8 Å². The first-order valence-electron chi connectivity index (χ1n) is 10.5. The first-order valence-corrected chi connectivity index (χ1v) is 10.5. The number of fused-ring (bicyclic) bond motifs is 1. The van der Waals surface area contributed by atoms with Crippen LogP contribution in [0.2, 0.25) is 0 Å². The number of hydrogen-bond donors (Lipinski definition) is 7. The van der Waals surface area contributed by atoms with E-state index in [1.807, 2.05) is 0 Å². The van der Waals surface area contributed by atoms with Gasteiger partial charge in [0.2, 0.25) is 0 Å². The molecule has 1 aliphatic heterocycles. The van der Waals surface area contributed by atoms with E-state index in [0.717, 1.165) is 12.2 Å². The van der Waals surface area contributed by atoms with Crippen LogP contribution in [0.15, 0.2) is 54.6 Å². The number of carboxylic acids is 2. The number of carboxylic acid groups (broad SMARTS) is 2. The fraction of sp³-hybridized carbons (Fsp3) is 0.0769. The lowest BCUT2D eigenvalue weighted by molar-refractivity contribution is -0.132. The number of carbonyl (C=O) groups is 2. The van der Waals surface area contributed by atoms with E-state index >= 15 is 0 Å². The van der Waals surface area contributed by atoms with Crippen molar-refractivity contribution in [3.63, 3.8) is 0 Å². The molecule has 0 spiro atoms. The van der Waals surface area contributed by atoms with Crippen LogP contribution >= 0.6 is 0 Å². The topological polar surface area (TPSA) is 185 Å². The van der Waals surface area contributed by atoms with Crippen molar-refractivity contribution in [1.82, 2.24) is 0 Å². The molecular formula is C26H20O10. The van der Waals surface area contributed by atoms with E-state index in [2.05, 4.69) is 0 Å². The van der Waals surface area contributed by atoms with E-state index in [9.17, 15) is 35.1 Å². The minimum absolute atomic E-state index is 0.0470. The molecule has 4 rings (SSSR count). The predicted molar refractivity (Wildman–Crippen MR) is 126 cm³/mol. The molecule has 0 fully saturated rings. The summed E-state index contributed by atoms with van der Waals surface area (Å²) in [4.78, 5) is 22.2. The molecule has 1 heterocycles. The molecular weight excluding hydrogens is 472 g/mol. The molecule has 0 amide bonds. The van der Waals surface area contributed by atoms with Crippen LogP contribution in [0, 0.1) is 0 Å². The van der Waals surface area contributed by atoms with Crippen molar-refractivity contribution >= 4 is 24.1 Å². The molecule has 1 aliphatic rings. The summed E-state index contributed by atoms with van der Waals surface area (Å²) in [5.41, 5.74) is 1.58. The Morgan fingerprint density at radius 3 is 2.00 bits per heavy atom. The summed E-state index contributed by atoms with van der Waals surface area (Å²) in [6.07, 6.45) is 3.26. The molecule has 0 unspecified atom stereocenters. The first kappa shape index (κ1) is 24.0. The zero-order chi connectivity index (χ0) is 26.1. The largest absolute Gasteiger partial charge is 0.504 e. The van der Waals surface area contributed by atoms with Gasteiger partial charge in [0, 0.05) is 17.7 Å². The van der Waals surface area contributed by atoms with Crippen LogP contribution in [-0.2, 0) is 9.59 Å². The highest BCUT2D eigenvalue weighted by Crippen LogP contribution is 2.55. The third kappa shape index (κ3) is 4.60. The Balaban J connectivity index is 1.98. The fourth-order valence-electron chi connectivity index (χ4n) is 4.13. The van der Waals surface area contributed by atoms with E-state index in [1.54, 1.807) is 6.07 Å². The molecule has 0 aliphatic carbocycles. The number of phenolic OH excluding ortho intramolecular Hbond substituents is 5. The van der Waals surface area contributed by atoms with E-state index in [0.29, 0.717) is 22.3 Å².